The molecule has 0 aliphatic heterocycles. The summed E-state index contributed by atoms with van der Waals surface area (Å²) in [5, 5.41) is 9.65. The molecule has 40 heavy (non-hydrogen) atoms. The average molecular weight is 610 g/mol. The minimum Gasteiger partial charge on any atom is -0.482 e. The van der Waals surface area contributed by atoms with Gasteiger partial charge in [0.25, 0.3) is 0 Å². The molecule has 3 aromatic carbocycles. The maximum atomic E-state index is 14.4. The molecule has 1 aromatic heterocycles. The van der Waals surface area contributed by atoms with Crippen molar-refractivity contribution in [2.24, 2.45) is 0 Å². The minimum atomic E-state index is -4.44. The van der Waals surface area contributed by atoms with Crippen LogP contribution in [-0.4, -0.2) is 22.7 Å². The number of alkyl halides is 3. The number of carboxylic acid groups (broad SMARTS) is 1. The van der Waals surface area contributed by atoms with Crippen molar-refractivity contribution in [1.82, 2.24) is 4.98 Å². The monoisotopic (exact) mass is 609 g/mol. The van der Waals surface area contributed by atoms with E-state index >= 15 is 0 Å². The molecule has 0 spiro atoms. The Labute approximate surface area is 242 Å². The number of nitrogens with zero attached hydrogens (tertiary/aromatic N) is 1. The molecule has 4 nitrogen and oxygen atoms in total. The Morgan fingerprint density at radius 2 is 1.85 bits per heavy atom. The molecule has 0 aliphatic rings. The predicted octanol–water partition coefficient (Wildman–Crippen LogP) is 9.03. The van der Waals surface area contributed by atoms with Crippen molar-refractivity contribution in [3.63, 3.8) is 0 Å². The lowest BCUT2D eigenvalue weighted by Crippen LogP contribution is -2.10. The van der Waals surface area contributed by atoms with Gasteiger partial charge in [0.15, 0.2) is 6.61 Å². The van der Waals surface area contributed by atoms with Gasteiger partial charge in [-0.3, -0.25) is 0 Å². The number of thiazole rings is 1. The highest BCUT2D eigenvalue weighted by Crippen LogP contribution is 2.43. The summed E-state index contributed by atoms with van der Waals surface area (Å²) in [7, 11) is 0. The normalized spacial score (nSPS) is 12.4. The predicted molar refractivity (Wildman–Crippen MR) is 150 cm³/mol. The van der Waals surface area contributed by atoms with Gasteiger partial charge in [-0.15, -0.1) is 23.1 Å². The molecule has 0 fully saturated rings. The maximum Gasteiger partial charge on any atom is 0.416 e. The van der Waals surface area contributed by atoms with Crippen LogP contribution in [-0.2, 0) is 23.8 Å². The molecule has 0 unspecified atom stereocenters. The van der Waals surface area contributed by atoms with Gasteiger partial charge in [0.2, 0.25) is 0 Å². The lowest BCUT2D eigenvalue weighted by Gasteiger charge is -2.14. The van der Waals surface area contributed by atoms with Crippen LogP contribution in [0.5, 0.6) is 5.75 Å². The fraction of sp³-hybridized carbons (Fsp3) is 0.241. The molecule has 0 saturated heterocycles. The van der Waals surface area contributed by atoms with E-state index in [1.807, 2.05) is 26.0 Å². The third-order valence-electron chi connectivity index (χ3n) is 6.04. The van der Waals surface area contributed by atoms with Crippen molar-refractivity contribution in [2.75, 3.05) is 6.61 Å². The van der Waals surface area contributed by atoms with Crippen LogP contribution >= 0.6 is 34.7 Å². The summed E-state index contributed by atoms with van der Waals surface area (Å²) in [5.41, 5.74) is 1.70. The number of aromatic nitrogens is 1. The molecule has 1 heterocycles. The summed E-state index contributed by atoms with van der Waals surface area (Å²) in [6.07, 6.45) is -3.74. The zero-order valence-electron chi connectivity index (χ0n) is 21.4. The van der Waals surface area contributed by atoms with E-state index in [0.717, 1.165) is 33.2 Å². The second-order valence-electron chi connectivity index (χ2n) is 8.98. The number of carboxylic acids is 1. The summed E-state index contributed by atoms with van der Waals surface area (Å²) in [5.74, 6) is -0.996. The van der Waals surface area contributed by atoms with E-state index in [9.17, 15) is 22.4 Å². The van der Waals surface area contributed by atoms with Crippen molar-refractivity contribution in [1.29, 1.82) is 0 Å². The molecule has 4 rings (SSSR count). The molecule has 11 heteroatoms. The molecule has 0 amide bonds. The lowest BCUT2D eigenvalue weighted by molar-refractivity contribution is -0.139. The average Bonchev–Trinajstić information content (AvgIpc) is 3.32. The van der Waals surface area contributed by atoms with E-state index < -0.39 is 30.1 Å². The summed E-state index contributed by atoms with van der Waals surface area (Å²) in [6.45, 7) is 3.38. The van der Waals surface area contributed by atoms with E-state index in [1.54, 1.807) is 23.9 Å². The van der Waals surface area contributed by atoms with Gasteiger partial charge >= 0.3 is 12.1 Å². The van der Waals surface area contributed by atoms with Gasteiger partial charge in [-0.25, -0.2) is 14.2 Å². The van der Waals surface area contributed by atoms with Crippen molar-refractivity contribution >= 4 is 40.7 Å². The molecule has 0 bridgehead atoms. The number of benzene rings is 3. The van der Waals surface area contributed by atoms with E-state index in [4.69, 9.17) is 26.4 Å². The Morgan fingerprint density at radius 3 is 2.48 bits per heavy atom. The lowest BCUT2D eigenvalue weighted by atomic mass is 10.1. The molecule has 1 atom stereocenters. The van der Waals surface area contributed by atoms with Crippen molar-refractivity contribution in [3.05, 3.63) is 98.8 Å². The van der Waals surface area contributed by atoms with E-state index in [-0.39, 0.29) is 5.25 Å². The molecular weight excluding hydrogens is 586 g/mol. The molecule has 0 radical (unpaired) electrons. The number of halogens is 5. The smallest absolute Gasteiger partial charge is 0.416 e. The molecule has 4 aromatic rings. The summed E-state index contributed by atoms with van der Waals surface area (Å²) >= 11 is 9.16. The second kappa shape index (κ2) is 12.6. The molecule has 1 N–H and O–H groups in total. The van der Waals surface area contributed by atoms with Gasteiger partial charge in [-0.2, -0.15) is 13.2 Å². The Bertz CT molecular complexity index is 1490. The number of aliphatic carboxylic acids is 1. The van der Waals surface area contributed by atoms with Gasteiger partial charge < -0.3 is 9.84 Å². The first-order valence-corrected chi connectivity index (χ1v) is 14.2. The van der Waals surface area contributed by atoms with Gasteiger partial charge in [0, 0.05) is 31.2 Å². The molecular formula is C29H24ClF4NO3S2. The van der Waals surface area contributed by atoms with Crippen LogP contribution in [0.4, 0.5) is 17.6 Å². The highest BCUT2D eigenvalue weighted by molar-refractivity contribution is 7.99. The molecule has 0 aliphatic carbocycles. The highest BCUT2D eigenvalue weighted by Gasteiger charge is 2.30. The highest BCUT2D eigenvalue weighted by atomic mass is 35.5. The number of aryl methyl sites for hydroxylation is 2. The van der Waals surface area contributed by atoms with Crippen molar-refractivity contribution < 1.29 is 32.2 Å². The second-order valence-corrected chi connectivity index (χ2v) is 11.8. The van der Waals surface area contributed by atoms with Gasteiger partial charge in [-0.1, -0.05) is 29.8 Å². The first-order chi connectivity index (χ1) is 18.9. The van der Waals surface area contributed by atoms with Crippen LogP contribution in [0.1, 0.15) is 39.4 Å². The van der Waals surface area contributed by atoms with Crippen LogP contribution in [0.25, 0.3) is 10.6 Å². The van der Waals surface area contributed by atoms with Crippen LogP contribution in [0, 0.1) is 12.7 Å². The van der Waals surface area contributed by atoms with Gasteiger partial charge in [0.05, 0.1) is 11.3 Å². The third kappa shape index (κ3) is 7.35. The zero-order valence-corrected chi connectivity index (χ0v) is 23.8. The standard InChI is InChI=1S/C29H24ClF4NO3S2/c1-16-14-20(10-13-25(16)38-15-26(36)37)39-17(2)27-24(12-11-21-22(30)4-3-5-23(21)31)35-28(40-27)18-6-8-19(9-7-18)29(32,33)34/h3-10,13-14,17H,11-12,15H2,1-2H3,(H,36,37)/t17-/m0/s1. The Balaban J connectivity index is 1.62. The van der Waals surface area contributed by atoms with Crippen molar-refractivity contribution in [2.45, 2.75) is 43.0 Å². The van der Waals surface area contributed by atoms with E-state index in [0.29, 0.717) is 39.7 Å². The van der Waals surface area contributed by atoms with Crippen LogP contribution < -0.4 is 4.74 Å². The molecule has 210 valence electrons. The number of ether oxygens (including phenoxy) is 1. The Hall–Kier alpha value is -3.08. The number of rotatable bonds is 10. The first kappa shape index (κ1) is 29.9. The number of hydrogen-bond donors (Lipinski definition) is 1. The summed E-state index contributed by atoms with van der Waals surface area (Å²) in [6, 6.07) is 14.8. The third-order valence-corrected chi connectivity index (χ3v) is 8.99. The number of carbonyl (C=O) groups is 1. The Kier molecular flexibility index (Phi) is 9.43. The van der Waals surface area contributed by atoms with Crippen LogP contribution in [0.3, 0.4) is 0 Å². The fourth-order valence-corrected chi connectivity index (χ4v) is 6.69. The van der Waals surface area contributed by atoms with Crippen LogP contribution in [0.2, 0.25) is 5.02 Å². The van der Waals surface area contributed by atoms with Gasteiger partial charge in [0.1, 0.15) is 16.6 Å². The zero-order chi connectivity index (χ0) is 29.0. The minimum absolute atomic E-state index is 0.100. The fourth-order valence-electron chi connectivity index (χ4n) is 4.05. The van der Waals surface area contributed by atoms with Gasteiger partial charge in [-0.05, 0) is 74.7 Å². The van der Waals surface area contributed by atoms with Crippen molar-refractivity contribution in [3.8, 4) is 16.3 Å². The summed E-state index contributed by atoms with van der Waals surface area (Å²) in [4.78, 5) is 17.4. The Morgan fingerprint density at radius 1 is 1.12 bits per heavy atom. The maximum absolute atomic E-state index is 14.4. The van der Waals surface area contributed by atoms with E-state index in [2.05, 4.69) is 0 Å². The quantitative estimate of drug-likeness (QED) is 0.144. The number of thioether (sulfide) groups is 1. The largest absolute Gasteiger partial charge is 0.482 e. The first-order valence-electron chi connectivity index (χ1n) is 12.1. The molecule has 0 saturated carbocycles. The topological polar surface area (TPSA) is 59.4 Å². The van der Waals surface area contributed by atoms with E-state index in [1.165, 1.54) is 35.6 Å². The van der Waals surface area contributed by atoms with Crippen LogP contribution in [0.15, 0.2) is 65.6 Å². The SMILES string of the molecule is Cc1cc(S[C@@H](C)c2sc(-c3ccc(C(F)(F)F)cc3)nc2CCc2c(F)cccc2Cl)ccc1OCC(=O)O. The number of hydrogen-bond acceptors (Lipinski definition) is 5. The summed E-state index contributed by atoms with van der Waals surface area (Å²) < 4.78 is 59.0.